The van der Waals surface area contributed by atoms with Crippen LogP contribution in [0.2, 0.25) is 0 Å². The predicted octanol–water partition coefficient (Wildman–Crippen LogP) is 1.06. The molecule has 1 saturated heterocycles. The Kier molecular flexibility index (Phi) is 3.23. The molecule has 3 aromatic rings. The predicted molar refractivity (Wildman–Crippen MR) is 80.8 cm³/mol. The Labute approximate surface area is 126 Å². The maximum absolute atomic E-state index is 5.85. The Morgan fingerprint density at radius 3 is 2.95 bits per heavy atom. The normalized spacial score (nSPS) is 16.4. The van der Waals surface area contributed by atoms with Crippen LogP contribution in [0.15, 0.2) is 23.1 Å². The quantitative estimate of drug-likeness (QED) is 0.744. The van der Waals surface area contributed by atoms with Crippen molar-refractivity contribution in [2.24, 2.45) is 5.92 Å². The number of piperidine rings is 1. The summed E-state index contributed by atoms with van der Waals surface area (Å²) in [6.07, 6.45) is 5.83. The average Bonchev–Trinajstić information content (AvgIpc) is 3.12. The number of pyridine rings is 1. The summed E-state index contributed by atoms with van der Waals surface area (Å²) < 4.78 is 6.89. The Morgan fingerprint density at radius 1 is 1.32 bits per heavy atom. The fourth-order valence-corrected chi connectivity index (χ4v) is 3.02. The molecule has 0 aromatic carbocycles. The molecule has 3 N–H and O–H groups in total. The minimum Gasteiger partial charge on any atom is -0.379 e. The van der Waals surface area contributed by atoms with E-state index in [0.717, 1.165) is 43.5 Å². The number of nitrogens with one attached hydrogen (secondary N) is 1. The second-order valence-corrected chi connectivity index (χ2v) is 5.60. The van der Waals surface area contributed by atoms with Gasteiger partial charge in [0.15, 0.2) is 17.3 Å². The molecule has 0 atom stereocenters. The highest BCUT2D eigenvalue weighted by Gasteiger charge is 2.22. The van der Waals surface area contributed by atoms with Gasteiger partial charge in [-0.25, -0.2) is 9.61 Å². The van der Waals surface area contributed by atoms with Gasteiger partial charge in [0.1, 0.15) is 5.52 Å². The number of nitrogens with two attached hydrogens (primary N) is 1. The third kappa shape index (κ3) is 2.21. The summed E-state index contributed by atoms with van der Waals surface area (Å²) >= 11 is 0. The number of anilines is 1. The average molecular weight is 299 g/mol. The number of rotatable bonds is 3. The molecule has 1 aliphatic rings. The zero-order valence-electron chi connectivity index (χ0n) is 12.1. The first-order chi connectivity index (χ1) is 10.8. The largest absolute Gasteiger partial charge is 0.379 e. The van der Waals surface area contributed by atoms with Crippen molar-refractivity contribution in [2.45, 2.75) is 19.4 Å². The monoisotopic (exact) mass is 299 g/mol. The van der Waals surface area contributed by atoms with Crippen LogP contribution in [0.1, 0.15) is 12.8 Å². The number of nitrogens with zero attached hydrogens (tertiary/aromatic N) is 5. The van der Waals surface area contributed by atoms with Crippen molar-refractivity contribution in [3.05, 3.63) is 18.5 Å². The first-order valence-corrected chi connectivity index (χ1v) is 7.42. The molecule has 22 heavy (non-hydrogen) atoms. The number of hydrogen-bond acceptors (Lipinski definition) is 7. The fourth-order valence-electron chi connectivity index (χ4n) is 3.02. The van der Waals surface area contributed by atoms with Crippen molar-refractivity contribution in [1.82, 2.24) is 30.2 Å². The molecule has 1 aliphatic heterocycles. The van der Waals surface area contributed by atoms with Gasteiger partial charge in [0, 0.05) is 12.7 Å². The Balaban J connectivity index is 1.81. The molecule has 8 heteroatoms. The van der Waals surface area contributed by atoms with E-state index < -0.39 is 0 Å². The van der Waals surface area contributed by atoms with Crippen molar-refractivity contribution < 1.29 is 4.63 Å². The van der Waals surface area contributed by atoms with E-state index in [9.17, 15) is 0 Å². The van der Waals surface area contributed by atoms with E-state index in [-0.39, 0.29) is 5.82 Å². The number of imidazole rings is 1. The Bertz CT molecular complexity index is 787. The van der Waals surface area contributed by atoms with Gasteiger partial charge >= 0.3 is 0 Å². The lowest BCUT2D eigenvalue weighted by Crippen LogP contribution is -2.30. The van der Waals surface area contributed by atoms with Gasteiger partial charge in [0.2, 0.25) is 0 Å². The van der Waals surface area contributed by atoms with E-state index >= 15 is 0 Å². The zero-order chi connectivity index (χ0) is 14.9. The van der Waals surface area contributed by atoms with Gasteiger partial charge < -0.3 is 15.6 Å². The maximum atomic E-state index is 5.85. The van der Waals surface area contributed by atoms with E-state index in [1.165, 1.54) is 0 Å². The zero-order valence-corrected chi connectivity index (χ0v) is 12.1. The molecule has 0 aliphatic carbocycles. The molecule has 0 bridgehead atoms. The Hall–Kier alpha value is -2.48. The molecule has 114 valence electrons. The first-order valence-electron chi connectivity index (χ1n) is 7.42. The Morgan fingerprint density at radius 2 is 2.18 bits per heavy atom. The van der Waals surface area contributed by atoms with Crippen LogP contribution >= 0.6 is 0 Å². The van der Waals surface area contributed by atoms with E-state index in [0.29, 0.717) is 17.4 Å². The van der Waals surface area contributed by atoms with Crippen LogP contribution in [-0.2, 0) is 6.54 Å². The molecule has 0 spiro atoms. The summed E-state index contributed by atoms with van der Waals surface area (Å²) in [7, 11) is 0. The molecular weight excluding hydrogens is 282 g/mol. The topological polar surface area (TPSA) is 108 Å². The first kappa shape index (κ1) is 13.2. The highest BCUT2D eigenvalue weighted by molar-refractivity contribution is 5.80. The summed E-state index contributed by atoms with van der Waals surface area (Å²) in [6, 6.07) is 1.97. The van der Waals surface area contributed by atoms with Crippen LogP contribution in [0.5, 0.6) is 0 Å². The summed E-state index contributed by atoms with van der Waals surface area (Å²) in [5.74, 6) is 1.56. The molecule has 1 fully saturated rings. The summed E-state index contributed by atoms with van der Waals surface area (Å²) in [5, 5.41) is 11.0. The van der Waals surface area contributed by atoms with E-state index in [1.54, 1.807) is 12.4 Å². The molecule has 0 unspecified atom stereocenters. The minimum atomic E-state index is 0.259. The number of fused-ring (bicyclic) bond motifs is 1. The van der Waals surface area contributed by atoms with Crippen molar-refractivity contribution in [1.29, 1.82) is 0 Å². The standard InChI is InChI=1S/C14H17N7O/c15-13-12(19-22-20-13)14-18-10-7-17-6-3-11(10)21(14)8-9-1-4-16-5-2-9/h3,6-7,9,16H,1-2,4-5,8H2,(H2,15,20). The lowest BCUT2D eigenvalue weighted by molar-refractivity contribution is 0.309. The summed E-state index contributed by atoms with van der Waals surface area (Å²) in [5.41, 5.74) is 8.20. The van der Waals surface area contributed by atoms with E-state index in [4.69, 9.17) is 10.4 Å². The van der Waals surface area contributed by atoms with Crippen LogP contribution in [0.3, 0.4) is 0 Å². The molecule has 0 radical (unpaired) electrons. The van der Waals surface area contributed by atoms with Crippen LogP contribution < -0.4 is 11.1 Å². The van der Waals surface area contributed by atoms with Crippen molar-refractivity contribution in [3.8, 4) is 11.5 Å². The molecule has 8 nitrogen and oxygen atoms in total. The lowest BCUT2D eigenvalue weighted by Gasteiger charge is -2.23. The second kappa shape index (κ2) is 5.38. The minimum absolute atomic E-state index is 0.259. The second-order valence-electron chi connectivity index (χ2n) is 5.60. The van der Waals surface area contributed by atoms with Crippen LogP contribution in [0, 0.1) is 5.92 Å². The van der Waals surface area contributed by atoms with Crippen molar-refractivity contribution in [3.63, 3.8) is 0 Å². The van der Waals surface area contributed by atoms with Crippen LogP contribution in [0.4, 0.5) is 5.82 Å². The number of aromatic nitrogens is 5. The third-order valence-electron chi connectivity index (χ3n) is 4.18. The highest BCUT2D eigenvalue weighted by atomic mass is 16.6. The molecule has 4 heterocycles. The summed E-state index contributed by atoms with van der Waals surface area (Å²) in [4.78, 5) is 8.77. The highest BCUT2D eigenvalue weighted by Crippen LogP contribution is 2.28. The molecule has 3 aromatic heterocycles. The van der Waals surface area contributed by atoms with Gasteiger partial charge in [0.05, 0.1) is 11.7 Å². The third-order valence-corrected chi connectivity index (χ3v) is 4.18. The van der Waals surface area contributed by atoms with Gasteiger partial charge in [-0.1, -0.05) is 0 Å². The van der Waals surface area contributed by atoms with Gasteiger partial charge in [-0.05, 0) is 48.2 Å². The van der Waals surface area contributed by atoms with Gasteiger partial charge in [-0.15, -0.1) is 0 Å². The number of hydrogen-bond donors (Lipinski definition) is 2. The van der Waals surface area contributed by atoms with Crippen LogP contribution in [-0.4, -0.2) is 37.9 Å². The SMILES string of the molecule is Nc1nonc1-c1nc2cnccc2n1CC1CCNCC1. The smallest absolute Gasteiger partial charge is 0.199 e. The fraction of sp³-hybridized carbons (Fsp3) is 0.429. The van der Waals surface area contributed by atoms with Gasteiger partial charge in [-0.3, -0.25) is 4.98 Å². The summed E-state index contributed by atoms with van der Waals surface area (Å²) in [6.45, 7) is 2.99. The van der Waals surface area contributed by atoms with Crippen LogP contribution in [0.25, 0.3) is 22.6 Å². The van der Waals surface area contributed by atoms with Crippen molar-refractivity contribution >= 4 is 16.9 Å². The van der Waals surface area contributed by atoms with E-state index in [2.05, 4.69) is 30.2 Å². The number of nitrogen functional groups attached to an aromatic ring is 1. The van der Waals surface area contributed by atoms with Gasteiger partial charge in [-0.2, -0.15) is 0 Å². The lowest BCUT2D eigenvalue weighted by atomic mass is 9.98. The molecule has 0 saturated carbocycles. The molecule has 4 rings (SSSR count). The molecule has 0 amide bonds. The van der Waals surface area contributed by atoms with E-state index in [1.807, 2.05) is 6.07 Å². The van der Waals surface area contributed by atoms with Gasteiger partial charge in [0.25, 0.3) is 0 Å². The molecular formula is C14H17N7O. The maximum Gasteiger partial charge on any atom is 0.199 e. The van der Waals surface area contributed by atoms with Crippen molar-refractivity contribution in [2.75, 3.05) is 18.8 Å².